The van der Waals surface area contributed by atoms with Crippen molar-refractivity contribution in [1.29, 1.82) is 0 Å². The van der Waals surface area contributed by atoms with Gasteiger partial charge >= 0.3 is 0 Å². The zero-order valence-electron chi connectivity index (χ0n) is 33.9. The van der Waals surface area contributed by atoms with Crippen molar-refractivity contribution < 1.29 is 41.9 Å². The van der Waals surface area contributed by atoms with E-state index in [2.05, 4.69) is 52.4 Å². The molecule has 7 heteroatoms. The van der Waals surface area contributed by atoms with Crippen molar-refractivity contribution >= 4 is 11.8 Å². The van der Waals surface area contributed by atoms with Crippen molar-refractivity contribution in [2.75, 3.05) is 0 Å². The van der Waals surface area contributed by atoms with Gasteiger partial charge in [-0.2, -0.15) is 5.57 Å². The van der Waals surface area contributed by atoms with Crippen LogP contribution in [0.4, 0.5) is 0 Å². The summed E-state index contributed by atoms with van der Waals surface area (Å²) in [5.41, 5.74) is 0.691. The number of ether oxygens (including phenoxy) is 1. The van der Waals surface area contributed by atoms with E-state index in [1.165, 1.54) is 4.91 Å². The van der Waals surface area contributed by atoms with Crippen molar-refractivity contribution in [3.05, 3.63) is 45.9 Å². The van der Waals surface area contributed by atoms with Gasteiger partial charge in [-0.25, -0.2) is 6.42 Å². The number of aliphatic hydroxyl groups is 2. The molecular weight excluding hydrogens is 757 g/mol. The number of rotatable bonds is 9. The normalized spacial score (nSPS) is 35.8. The molecule has 5 nitrogen and oxygen atoms in total. The summed E-state index contributed by atoms with van der Waals surface area (Å²) in [6.45, 7) is 14.4. The second-order valence-corrected chi connectivity index (χ2v) is 16.0. The maximum Gasteiger partial charge on any atom is 0.131 e. The van der Waals surface area contributed by atoms with Gasteiger partial charge in [0.2, 0.25) is 0 Å². The molecule has 0 aromatic heterocycles. The largest absolute Gasteiger partial charge is 0.651 e. The number of aliphatic hydroxyl groups excluding tert-OH is 2. The van der Waals surface area contributed by atoms with Crippen LogP contribution in [0.5, 0.6) is 0 Å². The van der Waals surface area contributed by atoms with Gasteiger partial charge in [-0.15, -0.1) is 24.2 Å². The quantitative estimate of drug-likeness (QED) is 0.160. The second-order valence-electron chi connectivity index (χ2n) is 14.6. The first-order chi connectivity index (χ1) is 22.9. The number of allylic oxidation sites excluding steroid dienone is 2. The fraction of sp³-hybridized carbons (Fsp3) is 0.816. The molecule has 0 bridgehead atoms. The standard InChI is InChI=1S/C25H38N2OS.C13H26O2.Ir/c1-14-9-10-17-16-7-6-8-18(23(16)28-24(17)26-14)20-11-12-21-22(27-20)19(15(2)29-21)13-25(3,4)5;1-5-10(6-2)12(14)9-13(15)11(7-3)8-4;/h8,12,14-17,19-20,22,24,26H,6-7,9-11,13H2,1-5H3;9-12,14-15H,5-8H2,1-4H3;/q-2;;/b;13-9-;/t14-,15?,16+,17?,19-,20-,22?,24+;12-;/m11./s1/i1D3,13D2;;. The maximum absolute atomic E-state index is 9.88. The fourth-order valence-electron chi connectivity index (χ4n) is 7.75. The third-order valence-electron chi connectivity index (χ3n) is 10.4. The predicted octanol–water partition coefficient (Wildman–Crippen LogP) is 9.84. The second kappa shape index (κ2) is 17.3. The van der Waals surface area contributed by atoms with Crippen molar-refractivity contribution in [2.24, 2.45) is 35.0 Å². The third kappa shape index (κ3) is 9.60. The number of thioether (sulfide) groups is 1. The molecule has 0 spiro atoms. The molecule has 4 aliphatic heterocycles. The van der Waals surface area contributed by atoms with Crippen LogP contribution in [0.2, 0.25) is 0 Å². The first-order valence-corrected chi connectivity index (χ1v) is 18.4. The van der Waals surface area contributed by atoms with Crippen LogP contribution in [0, 0.1) is 41.4 Å². The van der Waals surface area contributed by atoms with Crippen LogP contribution in [0.25, 0.3) is 5.32 Å². The van der Waals surface area contributed by atoms with Crippen LogP contribution in [-0.2, 0) is 24.8 Å². The van der Waals surface area contributed by atoms with Crippen LogP contribution < -0.4 is 5.32 Å². The first-order valence-electron chi connectivity index (χ1n) is 20.0. The Balaban J connectivity index is 0.000000361. The summed E-state index contributed by atoms with van der Waals surface area (Å²) in [6.07, 6.45) is 12.3. The summed E-state index contributed by atoms with van der Waals surface area (Å²) in [5.74, 6) is 2.32. The van der Waals surface area contributed by atoms with Gasteiger partial charge < -0.3 is 20.3 Å². The van der Waals surface area contributed by atoms with Crippen molar-refractivity contribution in [3.8, 4) is 0 Å². The molecule has 3 unspecified atom stereocenters. The van der Waals surface area contributed by atoms with E-state index >= 15 is 0 Å². The number of hydrogen-bond acceptors (Lipinski definition) is 5. The minimum atomic E-state index is -2.01. The Labute approximate surface area is 301 Å². The van der Waals surface area contributed by atoms with Crippen LogP contribution in [-0.4, -0.2) is 45.9 Å². The Morgan fingerprint density at radius 3 is 2.53 bits per heavy atom. The van der Waals surface area contributed by atoms with Crippen LogP contribution >= 0.6 is 11.8 Å². The molecule has 9 atom stereocenters. The van der Waals surface area contributed by atoms with E-state index in [0.29, 0.717) is 24.0 Å². The van der Waals surface area contributed by atoms with E-state index in [1.54, 1.807) is 17.8 Å². The summed E-state index contributed by atoms with van der Waals surface area (Å²) >= 11 is 1.79. The summed E-state index contributed by atoms with van der Waals surface area (Å²) in [7, 11) is 0. The average Bonchev–Trinajstić information content (AvgIpc) is 3.57. The molecule has 1 aliphatic carbocycles. The molecular formula is C38H64IrN2O3S-2. The smallest absolute Gasteiger partial charge is 0.131 e. The summed E-state index contributed by atoms with van der Waals surface area (Å²) in [6, 6.07) is -0.643. The first kappa shape index (κ1) is 31.8. The molecule has 5 aliphatic rings. The van der Waals surface area contributed by atoms with E-state index in [4.69, 9.17) is 16.9 Å². The number of nitrogens with zero attached hydrogens (tertiary/aromatic N) is 1. The molecule has 3 fully saturated rings. The number of piperidine rings is 1. The summed E-state index contributed by atoms with van der Waals surface area (Å²) < 4.78 is 47.9. The minimum absolute atomic E-state index is 0. The molecule has 4 heterocycles. The van der Waals surface area contributed by atoms with E-state index in [-0.39, 0.29) is 61.4 Å². The van der Waals surface area contributed by atoms with Gasteiger partial charge in [0.15, 0.2) is 0 Å². The van der Waals surface area contributed by atoms with E-state index in [1.807, 2.05) is 20.8 Å². The van der Waals surface area contributed by atoms with E-state index < -0.39 is 30.8 Å². The monoisotopic (exact) mass is 826 g/mol. The summed E-state index contributed by atoms with van der Waals surface area (Å²) in [5, 5.41) is 28.5. The number of nitrogens with one attached hydrogen (secondary N) is 1. The molecule has 0 amide bonds. The predicted molar refractivity (Wildman–Crippen MR) is 187 cm³/mol. The van der Waals surface area contributed by atoms with Gasteiger partial charge in [0.05, 0.1) is 11.9 Å². The van der Waals surface area contributed by atoms with Crippen molar-refractivity contribution in [2.45, 2.75) is 162 Å². The molecule has 0 saturated carbocycles. The fourth-order valence-corrected chi connectivity index (χ4v) is 9.08. The topological polar surface area (TPSA) is 75.8 Å². The van der Waals surface area contributed by atoms with E-state index in [0.717, 1.165) is 62.7 Å². The van der Waals surface area contributed by atoms with Crippen LogP contribution in [0.3, 0.4) is 0 Å². The van der Waals surface area contributed by atoms with Crippen molar-refractivity contribution in [1.82, 2.24) is 5.32 Å². The molecule has 45 heavy (non-hydrogen) atoms. The number of hydrogen-bond donors (Lipinski definition) is 3. The van der Waals surface area contributed by atoms with Crippen molar-refractivity contribution in [3.63, 3.8) is 0 Å². The third-order valence-corrected chi connectivity index (χ3v) is 11.7. The van der Waals surface area contributed by atoms with Gasteiger partial charge in [0.25, 0.3) is 0 Å². The molecule has 5 rings (SSSR count). The minimum Gasteiger partial charge on any atom is -0.651 e. The average molecular weight is 826 g/mol. The Morgan fingerprint density at radius 2 is 1.91 bits per heavy atom. The Hall–Kier alpha value is -0.431. The molecule has 261 valence electrons. The van der Waals surface area contributed by atoms with Crippen LogP contribution in [0.1, 0.15) is 133 Å². The zero-order chi connectivity index (χ0) is 36.5. The van der Waals surface area contributed by atoms with Crippen LogP contribution in [0.15, 0.2) is 34.1 Å². The molecule has 1 radical (unpaired) electrons. The van der Waals surface area contributed by atoms with Gasteiger partial charge in [-0.3, -0.25) is 5.32 Å². The SMILES string of the molecule is CCC(CC)/C(O)=C/[C@@H](O)C(CC)CC.[2H]C([2H])([2H])[C@@H]1CCC2[C@@H]3CC[CH-]C([C@H]4CC=C5SC(C)[C@@H](C([2H])([2H])C(C)(C)C)C5[N-]4)=C3O[C@@H]2N1.[Ir]. The van der Waals surface area contributed by atoms with Gasteiger partial charge in [-0.05, 0) is 85.2 Å². The van der Waals surface area contributed by atoms with Gasteiger partial charge in [0, 0.05) is 50.1 Å². The maximum atomic E-state index is 9.88. The Bertz CT molecular complexity index is 1210. The Morgan fingerprint density at radius 1 is 1.20 bits per heavy atom. The van der Waals surface area contributed by atoms with Gasteiger partial charge in [-0.1, -0.05) is 86.8 Å². The molecule has 0 aromatic rings. The molecule has 3 N–H and O–H groups in total. The van der Waals surface area contributed by atoms with E-state index in [9.17, 15) is 10.2 Å². The molecule has 3 saturated heterocycles. The van der Waals surface area contributed by atoms with Gasteiger partial charge in [0.1, 0.15) is 6.23 Å². The Kier molecular flexibility index (Phi) is 12.2. The number of fused-ring (bicyclic) bond motifs is 4. The zero-order valence-corrected chi connectivity index (χ0v) is 32.1. The summed E-state index contributed by atoms with van der Waals surface area (Å²) in [4.78, 5) is 1.23. The molecule has 0 aromatic carbocycles.